The molecule has 0 unspecified atom stereocenters. The molecule has 1 fully saturated rings. The lowest BCUT2D eigenvalue weighted by atomic mass is 9.93. The Morgan fingerprint density at radius 1 is 1.17 bits per heavy atom. The molecule has 1 heterocycles. The van der Waals surface area contributed by atoms with Gasteiger partial charge in [0.15, 0.2) is 0 Å². The van der Waals surface area contributed by atoms with Crippen molar-refractivity contribution in [3.05, 3.63) is 33.9 Å². The van der Waals surface area contributed by atoms with E-state index in [0.717, 1.165) is 45.0 Å². The maximum Gasteiger partial charge on any atom is 0.0687 e. The second kappa shape index (κ2) is 8.25. The van der Waals surface area contributed by atoms with Crippen molar-refractivity contribution in [3.8, 4) is 0 Å². The van der Waals surface area contributed by atoms with Crippen LogP contribution in [-0.4, -0.2) is 60.8 Å². The minimum absolute atomic E-state index is 0.124. The number of aryl methyl sites for hydroxylation is 2. The summed E-state index contributed by atoms with van der Waals surface area (Å²) in [4.78, 5) is 4.90. The highest BCUT2D eigenvalue weighted by Gasteiger charge is 2.19. The van der Waals surface area contributed by atoms with E-state index in [0.29, 0.717) is 6.04 Å². The van der Waals surface area contributed by atoms with Crippen LogP contribution in [0.15, 0.2) is 6.07 Å². The molecule has 2 rings (SSSR count). The first-order valence-corrected chi connectivity index (χ1v) is 8.63. The molecule has 1 saturated heterocycles. The van der Waals surface area contributed by atoms with Gasteiger partial charge in [0.05, 0.1) is 19.8 Å². The summed E-state index contributed by atoms with van der Waals surface area (Å²) in [6.07, 6.45) is 0. The zero-order chi connectivity index (χ0) is 17.0. The van der Waals surface area contributed by atoms with Crippen molar-refractivity contribution in [2.45, 2.75) is 46.9 Å². The maximum atomic E-state index is 9.63. The third-order valence-electron chi connectivity index (χ3n) is 5.12. The largest absolute Gasteiger partial charge is 0.392 e. The third-order valence-corrected chi connectivity index (χ3v) is 5.12. The Labute approximate surface area is 141 Å². The lowest BCUT2D eigenvalue weighted by molar-refractivity contribution is 0.0137. The van der Waals surface area contributed by atoms with E-state index in [1.54, 1.807) is 0 Å². The first-order chi connectivity index (χ1) is 10.9. The first-order valence-electron chi connectivity index (χ1n) is 8.63. The fraction of sp³-hybridized carbons (Fsp3) is 0.684. The van der Waals surface area contributed by atoms with E-state index in [1.165, 1.54) is 22.3 Å². The van der Waals surface area contributed by atoms with Crippen molar-refractivity contribution in [1.29, 1.82) is 0 Å². The predicted molar refractivity (Wildman–Crippen MR) is 94.8 cm³/mol. The number of hydrogen-bond donors (Lipinski definition) is 1. The Hall–Kier alpha value is -0.940. The molecule has 0 spiro atoms. The summed E-state index contributed by atoms with van der Waals surface area (Å²) in [5.74, 6) is 0. The molecule has 0 radical (unpaired) electrons. The van der Waals surface area contributed by atoms with Crippen molar-refractivity contribution in [2.75, 3.05) is 39.9 Å². The summed E-state index contributed by atoms with van der Waals surface area (Å²) in [5, 5.41) is 9.63. The molecule has 1 atom stereocenters. The Balaban J connectivity index is 2.03. The number of likely N-dealkylation sites (N-methyl/N-ethyl adjacent to an activating group) is 1. The third kappa shape index (κ3) is 4.54. The number of aliphatic hydroxyl groups excluding tert-OH is 1. The van der Waals surface area contributed by atoms with Crippen molar-refractivity contribution in [3.63, 3.8) is 0 Å². The average Bonchev–Trinajstić information content (AvgIpc) is 2.52. The summed E-state index contributed by atoms with van der Waals surface area (Å²) >= 11 is 0. The van der Waals surface area contributed by atoms with E-state index in [4.69, 9.17) is 4.74 Å². The van der Waals surface area contributed by atoms with Gasteiger partial charge in [-0.2, -0.15) is 0 Å². The maximum absolute atomic E-state index is 9.63. The monoisotopic (exact) mass is 320 g/mol. The Morgan fingerprint density at radius 3 is 2.39 bits per heavy atom. The number of rotatable bonds is 6. The van der Waals surface area contributed by atoms with Gasteiger partial charge in [-0.1, -0.05) is 6.07 Å². The molecule has 1 aromatic carbocycles. The van der Waals surface area contributed by atoms with Crippen LogP contribution >= 0.6 is 0 Å². The molecular formula is C19H32N2O2. The molecule has 23 heavy (non-hydrogen) atoms. The van der Waals surface area contributed by atoms with Crippen LogP contribution in [0.1, 0.15) is 34.7 Å². The van der Waals surface area contributed by atoms with Crippen molar-refractivity contribution in [1.82, 2.24) is 9.80 Å². The quantitative estimate of drug-likeness (QED) is 0.872. The zero-order valence-electron chi connectivity index (χ0n) is 15.4. The summed E-state index contributed by atoms with van der Waals surface area (Å²) in [7, 11) is 2.19. The highest BCUT2D eigenvalue weighted by Crippen LogP contribution is 2.23. The van der Waals surface area contributed by atoms with Crippen LogP contribution in [0, 0.1) is 20.8 Å². The lowest BCUT2D eigenvalue weighted by Gasteiger charge is -2.34. The molecule has 0 amide bonds. The topological polar surface area (TPSA) is 35.9 Å². The van der Waals surface area contributed by atoms with E-state index in [-0.39, 0.29) is 6.61 Å². The average molecular weight is 320 g/mol. The SMILES string of the molecule is Cc1cc(C)c(CN(C)C[C@@H](C)N2CCOCC2)c(C)c1CO. The Morgan fingerprint density at radius 2 is 1.78 bits per heavy atom. The van der Waals surface area contributed by atoms with Crippen LogP contribution in [-0.2, 0) is 17.9 Å². The van der Waals surface area contributed by atoms with E-state index in [2.05, 4.69) is 50.6 Å². The van der Waals surface area contributed by atoms with Crippen LogP contribution in [0.4, 0.5) is 0 Å². The minimum atomic E-state index is 0.124. The molecule has 1 N–H and O–H groups in total. The highest BCUT2D eigenvalue weighted by molar-refractivity contribution is 5.44. The molecule has 130 valence electrons. The van der Waals surface area contributed by atoms with Crippen molar-refractivity contribution in [2.24, 2.45) is 0 Å². The molecule has 1 aliphatic heterocycles. The van der Waals surface area contributed by atoms with Gasteiger partial charge in [-0.3, -0.25) is 4.90 Å². The zero-order valence-corrected chi connectivity index (χ0v) is 15.4. The van der Waals surface area contributed by atoms with Crippen LogP contribution in [0.5, 0.6) is 0 Å². The van der Waals surface area contributed by atoms with Gasteiger partial charge in [-0.15, -0.1) is 0 Å². The van der Waals surface area contributed by atoms with Gasteiger partial charge in [0.1, 0.15) is 0 Å². The van der Waals surface area contributed by atoms with Crippen molar-refractivity contribution < 1.29 is 9.84 Å². The van der Waals surface area contributed by atoms with Crippen molar-refractivity contribution >= 4 is 0 Å². The molecule has 4 heteroatoms. The van der Waals surface area contributed by atoms with Gasteiger partial charge in [0.2, 0.25) is 0 Å². The number of ether oxygens (including phenoxy) is 1. The normalized spacial score (nSPS) is 17.7. The standard InChI is InChI=1S/C19H32N2O2/c1-14-10-15(2)19(13-22)17(4)18(14)12-20(5)11-16(3)21-6-8-23-9-7-21/h10,16,22H,6-9,11-13H2,1-5H3/t16-/m1/s1. The molecule has 4 nitrogen and oxygen atoms in total. The number of hydrogen-bond acceptors (Lipinski definition) is 4. The predicted octanol–water partition coefficient (Wildman–Crippen LogP) is 2.26. The number of morpholine rings is 1. The van der Waals surface area contributed by atoms with E-state index < -0.39 is 0 Å². The van der Waals surface area contributed by atoms with Crippen LogP contribution in [0.2, 0.25) is 0 Å². The Bertz CT molecular complexity index is 525. The summed E-state index contributed by atoms with van der Waals surface area (Å²) in [6, 6.07) is 2.74. The molecule has 0 bridgehead atoms. The van der Waals surface area contributed by atoms with Gasteiger partial charge < -0.3 is 14.7 Å². The molecule has 1 aliphatic rings. The lowest BCUT2D eigenvalue weighted by Crippen LogP contribution is -2.46. The van der Waals surface area contributed by atoms with Crippen LogP contribution in [0.3, 0.4) is 0 Å². The van der Waals surface area contributed by atoms with Gasteiger partial charge >= 0.3 is 0 Å². The number of benzene rings is 1. The van der Waals surface area contributed by atoms with Gasteiger partial charge in [0.25, 0.3) is 0 Å². The van der Waals surface area contributed by atoms with E-state index in [9.17, 15) is 5.11 Å². The fourth-order valence-corrected chi connectivity index (χ4v) is 3.68. The second-order valence-electron chi connectivity index (χ2n) is 6.94. The second-order valence-corrected chi connectivity index (χ2v) is 6.94. The number of aliphatic hydroxyl groups is 1. The smallest absolute Gasteiger partial charge is 0.0687 e. The highest BCUT2D eigenvalue weighted by atomic mass is 16.5. The first kappa shape index (κ1) is 18.4. The van der Waals surface area contributed by atoms with Gasteiger partial charge in [-0.25, -0.2) is 0 Å². The molecule has 0 aliphatic carbocycles. The van der Waals surface area contributed by atoms with E-state index in [1.807, 2.05) is 0 Å². The summed E-state index contributed by atoms with van der Waals surface area (Å²) in [5.41, 5.74) is 6.20. The molecular weight excluding hydrogens is 288 g/mol. The Kier molecular flexibility index (Phi) is 6.60. The van der Waals surface area contributed by atoms with Crippen LogP contribution < -0.4 is 0 Å². The fourth-order valence-electron chi connectivity index (χ4n) is 3.68. The molecule has 1 aromatic rings. The molecule has 0 saturated carbocycles. The molecule has 0 aromatic heterocycles. The minimum Gasteiger partial charge on any atom is -0.392 e. The summed E-state index contributed by atoms with van der Waals surface area (Å²) in [6.45, 7) is 14.6. The van der Waals surface area contributed by atoms with Gasteiger partial charge in [-0.05, 0) is 62.6 Å². The van der Waals surface area contributed by atoms with Crippen LogP contribution in [0.25, 0.3) is 0 Å². The van der Waals surface area contributed by atoms with E-state index >= 15 is 0 Å². The van der Waals surface area contributed by atoms with Gasteiger partial charge in [0, 0.05) is 32.2 Å². The summed E-state index contributed by atoms with van der Waals surface area (Å²) < 4.78 is 5.44. The number of nitrogens with zero attached hydrogens (tertiary/aromatic N) is 2.